The molecule has 0 bridgehead atoms. The molecule has 3 heterocycles. The van der Waals surface area contributed by atoms with Crippen LogP contribution in [0.15, 0.2) is 156 Å². The normalized spacial score (nSPS) is 11.6. The SMILES string of the molecule is c1ccc(-c2ccc(-c3ccccc3-c3ccnc(-n4c5ccccc5c5c6oc7ccccc7c6ccc54)n3)cc2)cc1. The van der Waals surface area contributed by atoms with Gasteiger partial charge >= 0.3 is 0 Å². The fourth-order valence-corrected chi connectivity index (χ4v) is 6.49. The number of aromatic nitrogens is 3. The molecule has 3 aromatic heterocycles. The van der Waals surface area contributed by atoms with Crippen LogP contribution in [0.5, 0.6) is 0 Å². The molecule has 9 rings (SSSR count). The first kappa shape index (κ1) is 24.6. The van der Waals surface area contributed by atoms with Gasteiger partial charge in [-0.05, 0) is 52.6 Å². The Labute approximate surface area is 253 Å². The van der Waals surface area contributed by atoms with Crippen molar-refractivity contribution in [3.05, 3.63) is 152 Å². The number of fused-ring (bicyclic) bond motifs is 7. The zero-order valence-electron chi connectivity index (χ0n) is 23.7. The molecule has 0 radical (unpaired) electrons. The molecule has 0 saturated heterocycles. The van der Waals surface area contributed by atoms with Crippen molar-refractivity contribution < 1.29 is 4.42 Å². The number of rotatable bonds is 4. The minimum Gasteiger partial charge on any atom is -0.455 e. The highest BCUT2D eigenvalue weighted by Crippen LogP contribution is 2.40. The standard InChI is InChI=1S/C40H25N3O/c1-2-10-26(11-3-1)27-18-20-28(21-19-27)29-12-4-5-13-30(29)34-24-25-41-40(42-34)43-35-16-8-6-15-33(35)38-36(43)23-22-32-31-14-7-9-17-37(31)44-39(32)38/h1-25H. The summed E-state index contributed by atoms with van der Waals surface area (Å²) in [7, 11) is 0. The van der Waals surface area contributed by atoms with Crippen LogP contribution < -0.4 is 0 Å². The molecule has 206 valence electrons. The maximum atomic E-state index is 6.46. The molecule has 0 fully saturated rings. The summed E-state index contributed by atoms with van der Waals surface area (Å²) in [6.45, 7) is 0. The van der Waals surface area contributed by atoms with Crippen LogP contribution in [0.1, 0.15) is 0 Å². The van der Waals surface area contributed by atoms with E-state index in [1.165, 1.54) is 11.1 Å². The van der Waals surface area contributed by atoms with Crippen molar-refractivity contribution >= 4 is 43.7 Å². The van der Waals surface area contributed by atoms with Gasteiger partial charge in [0.15, 0.2) is 0 Å². The Morgan fingerprint density at radius 1 is 0.477 bits per heavy atom. The summed E-state index contributed by atoms with van der Waals surface area (Å²) in [4.78, 5) is 9.98. The monoisotopic (exact) mass is 563 g/mol. The second kappa shape index (κ2) is 9.79. The Morgan fingerprint density at radius 2 is 1.16 bits per heavy atom. The van der Waals surface area contributed by atoms with Crippen LogP contribution in [0.25, 0.3) is 83.2 Å². The third-order valence-corrected chi connectivity index (χ3v) is 8.53. The zero-order chi connectivity index (χ0) is 29.0. The van der Waals surface area contributed by atoms with E-state index in [1.807, 2.05) is 30.5 Å². The third kappa shape index (κ3) is 3.78. The Kier molecular flexibility index (Phi) is 5.47. The summed E-state index contributed by atoms with van der Waals surface area (Å²) in [5, 5.41) is 4.41. The number of hydrogen-bond donors (Lipinski definition) is 0. The molecule has 4 nitrogen and oxygen atoms in total. The molecule has 0 saturated carbocycles. The second-order valence-electron chi connectivity index (χ2n) is 11.0. The molecular formula is C40H25N3O. The van der Waals surface area contributed by atoms with E-state index in [1.54, 1.807) is 0 Å². The average molecular weight is 564 g/mol. The van der Waals surface area contributed by atoms with Crippen LogP contribution in [0, 0.1) is 0 Å². The quantitative estimate of drug-likeness (QED) is 0.214. The van der Waals surface area contributed by atoms with Crippen molar-refractivity contribution in [2.24, 2.45) is 0 Å². The maximum absolute atomic E-state index is 6.46. The lowest BCUT2D eigenvalue weighted by Crippen LogP contribution is -2.02. The van der Waals surface area contributed by atoms with Crippen molar-refractivity contribution in [2.75, 3.05) is 0 Å². The summed E-state index contributed by atoms with van der Waals surface area (Å²) in [6, 6.07) is 50.6. The lowest BCUT2D eigenvalue weighted by Gasteiger charge is -2.12. The summed E-state index contributed by atoms with van der Waals surface area (Å²) >= 11 is 0. The van der Waals surface area contributed by atoms with Crippen molar-refractivity contribution in [3.63, 3.8) is 0 Å². The van der Waals surface area contributed by atoms with E-state index in [0.29, 0.717) is 5.95 Å². The lowest BCUT2D eigenvalue weighted by molar-refractivity contribution is 0.673. The van der Waals surface area contributed by atoms with Crippen LogP contribution in [-0.2, 0) is 0 Å². The molecule has 0 spiro atoms. The zero-order valence-corrected chi connectivity index (χ0v) is 23.7. The van der Waals surface area contributed by atoms with Crippen molar-refractivity contribution in [1.29, 1.82) is 0 Å². The smallest absolute Gasteiger partial charge is 0.235 e. The van der Waals surface area contributed by atoms with E-state index in [9.17, 15) is 0 Å². The van der Waals surface area contributed by atoms with Crippen LogP contribution in [0.4, 0.5) is 0 Å². The molecule has 0 aliphatic carbocycles. The third-order valence-electron chi connectivity index (χ3n) is 8.53. The van der Waals surface area contributed by atoms with Gasteiger partial charge in [0.05, 0.1) is 22.1 Å². The summed E-state index contributed by atoms with van der Waals surface area (Å²) in [5.41, 5.74) is 10.4. The van der Waals surface area contributed by atoms with E-state index in [0.717, 1.165) is 66.1 Å². The van der Waals surface area contributed by atoms with Crippen LogP contribution >= 0.6 is 0 Å². The topological polar surface area (TPSA) is 43.9 Å². The molecule has 9 aromatic rings. The predicted molar refractivity (Wildman–Crippen MR) is 180 cm³/mol. The molecule has 6 aromatic carbocycles. The summed E-state index contributed by atoms with van der Waals surface area (Å²) in [5.74, 6) is 0.624. The highest BCUT2D eigenvalue weighted by atomic mass is 16.3. The van der Waals surface area contributed by atoms with Crippen molar-refractivity contribution in [2.45, 2.75) is 0 Å². The van der Waals surface area contributed by atoms with Gasteiger partial charge in [-0.2, -0.15) is 0 Å². The fraction of sp³-hybridized carbons (Fsp3) is 0. The number of nitrogens with zero attached hydrogens (tertiary/aromatic N) is 3. The molecule has 4 heteroatoms. The summed E-state index contributed by atoms with van der Waals surface area (Å²) in [6.07, 6.45) is 1.85. The Morgan fingerprint density at radius 3 is 2.02 bits per heavy atom. The van der Waals surface area contributed by atoms with Gasteiger partial charge in [0.1, 0.15) is 11.2 Å². The summed E-state index contributed by atoms with van der Waals surface area (Å²) < 4.78 is 8.61. The van der Waals surface area contributed by atoms with Crippen molar-refractivity contribution in [3.8, 4) is 39.5 Å². The van der Waals surface area contributed by atoms with E-state index < -0.39 is 0 Å². The van der Waals surface area contributed by atoms with Gasteiger partial charge < -0.3 is 4.42 Å². The number of furan rings is 1. The Hall–Kier alpha value is -6.00. The molecular weight excluding hydrogens is 538 g/mol. The highest BCUT2D eigenvalue weighted by Gasteiger charge is 2.20. The molecule has 0 atom stereocenters. The Bertz CT molecular complexity index is 2490. The molecule has 0 aliphatic rings. The predicted octanol–water partition coefficient (Wildman–Crippen LogP) is 10.5. The first-order valence-corrected chi connectivity index (χ1v) is 14.8. The van der Waals surface area contributed by atoms with Gasteiger partial charge in [-0.1, -0.05) is 115 Å². The molecule has 0 aliphatic heterocycles. The van der Waals surface area contributed by atoms with E-state index >= 15 is 0 Å². The maximum Gasteiger partial charge on any atom is 0.235 e. The first-order chi connectivity index (χ1) is 21.8. The van der Waals surface area contributed by atoms with E-state index in [-0.39, 0.29) is 0 Å². The number of para-hydroxylation sites is 2. The minimum atomic E-state index is 0.624. The molecule has 0 amide bonds. The van der Waals surface area contributed by atoms with Gasteiger partial charge in [-0.3, -0.25) is 4.57 Å². The Balaban J connectivity index is 1.21. The van der Waals surface area contributed by atoms with E-state index in [2.05, 4.69) is 126 Å². The van der Waals surface area contributed by atoms with Crippen LogP contribution in [0.3, 0.4) is 0 Å². The van der Waals surface area contributed by atoms with E-state index in [4.69, 9.17) is 14.4 Å². The van der Waals surface area contributed by atoms with Gasteiger partial charge in [-0.25, -0.2) is 9.97 Å². The highest BCUT2D eigenvalue weighted by molar-refractivity contribution is 6.23. The lowest BCUT2D eigenvalue weighted by atomic mass is 9.95. The molecule has 44 heavy (non-hydrogen) atoms. The average Bonchev–Trinajstić information content (AvgIpc) is 3.65. The number of hydrogen-bond acceptors (Lipinski definition) is 3. The first-order valence-electron chi connectivity index (χ1n) is 14.8. The second-order valence-corrected chi connectivity index (χ2v) is 11.0. The van der Waals surface area contributed by atoms with Gasteiger partial charge in [0.25, 0.3) is 0 Å². The fourth-order valence-electron chi connectivity index (χ4n) is 6.49. The van der Waals surface area contributed by atoms with Crippen molar-refractivity contribution in [1.82, 2.24) is 14.5 Å². The van der Waals surface area contributed by atoms with Gasteiger partial charge in [0.2, 0.25) is 5.95 Å². The van der Waals surface area contributed by atoms with Crippen LogP contribution in [-0.4, -0.2) is 14.5 Å². The van der Waals surface area contributed by atoms with Gasteiger partial charge in [-0.15, -0.1) is 0 Å². The minimum absolute atomic E-state index is 0.624. The van der Waals surface area contributed by atoms with Gasteiger partial charge in [0, 0.05) is 27.9 Å². The van der Waals surface area contributed by atoms with Crippen LogP contribution in [0.2, 0.25) is 0 Å². The number of benzene rings is 6. The molecule has 0 N–H and O–H groups in total. The molecule has 0 unspecified atom stereocenters. The largest absolute Gasteiger partial charge is 0.455 e.